The number of hydrazone groups is 1. The fourth-order valence-corrected chi connectivity index (χ4v) is 1.78. The quantitative estimate of drug-likeness (QED) is 0.862. The van der Waals surface area contributed by atoms with Gasteiger partial charge in [-0.05, 0) is 24.3 Å². The van der Waals surface area contributed by atoms with Crippen LogP contribution in [0.1, 0.15) is 13.3 Å². The number of nitrogens with zero attached hydrogens (tertiary/aromatic N) is 2. The maximum atomic E-state index is 12.8. The third-order valence-electron chi connectivity index (χ3n) is 2.74. The first kappa shape index (κ1) is 12.2. The number of nitrogens with two attached hydrogens (primary N) is 1. The van der Waals surface area contributed by atoms with Crippen LogP contribution < -0.4 is 10.7 Å². The van der Waals surface area contributed by atoms with Gasteiger partial charge in [-0.3, -0.25) is 14.6 Å². The molecule has 0 saturated carbocycles. The highest BCUT2D eigenvalue weighted by Crippen LogP contribution is 2.24. The van der Waals surface area contributed by atoms with Crippen LogP contribution in [0.15, 0.2) is 29.4 Å². The summed E-state index contributed by atoms with van der Waals surface area (Å²) < 4.78 is 12.8. The molecule has 0 bridgehead atoms. The second-order valence-electron chi connectivity index (χ2n) is 4.05. The highest BCUT2D eigenvalue weighted by atomic mass is 19.1. The number of Topliss-reactive ketones (excluding diaryl/α,β-unsaturated/α-hetero) is 1. The predicted molar refractivity (Wildman–Crippen MR) is 64.6 cm³/mol. The number of amides is 1. The minimum absolute atomic E-state index is 0.183. The van der Waals surface area contributed by atoms with E-state index in [1.807, 2.05) is 0 Å². The van der Waals surface area contributed by atoms with Gasteiger partial charge >= 0.3 is 0 Å². The van der Waals surface area contributed by atoms with Crippen LogP contribution in [0, 0.1) is 5.82 Å². The zero-order valence-corrected chi connectivity index (χ0v) is 9.76. The summed E-state index contributed by atoms with van der Waals surface area (Å²) in [5, 5.41) is 5.43. The summed E-state index contributed by atoms with van der Waals surface area (Å²) in [7, 11) is 0. The molecule has 0 aliphatic carbocycles. The Labute approximate surface area is 103 Å². The van der Waals surface area contributed by atoms with E-state index in [1.54, 1.807) is 0 Å². The average Bonchev–Trinajstić information content (AvgIpc) is 2.75. The molecule has 1 aromatic rings. The van der Waals surface area contributed by atoms with E-state index >= 15 is 0 Å². The molecule has 1 aliphatic rings. The van der Waals surface area contributed by atoms with Crippen molar-refractivity contribution >= 4 is 23.1 Å². The van der Waals surface area contributed by atoms with Crippen molar-refractivity contribution in [3.8, 4) is 0 Å². The van der Waals surface area contributed by atoms with Gasteiger partial charge in [0.05, 0.1) is 5.69 Å². The first-order valence-electron chi connectivity index (χ1n) is 5.41. The van der Waals surface area contributed by atoms with Gasteiger partial charge in [-0.25, -0.2) is 4.39 Å². The maximum absolute atomic E-state index is 12.8. The minimum Gasteiger partial charge on any atom is -0.368 e. The van der Waals surface area contributed by atoms with Gasteiger partial charge in [0.1, 0.15) is 17.6 Å². The van der Waals surface area contributed by atoms with Crippen molar-refractivity contribution < 1.29 is 14.0 Å². The molecule has 2 rings (SSSR count). The van der Waals surface area contributed by atoms with Crippen molar-refractivity contribution in [2.24, 2.45) is 10.8 Å². The first-order chi connectivity index (χ1) is 8.49. The summed E-state index contributed by atoms with van der Waals surface area (Å²) in [6, 6.07) is 4.79. The van der Waals surface area contributed by atoms with Crippen LogP contribution in [-0.2, 0) is 9.59 Å². The monoisotopic (exact) mass is 249 g/mol. The molecule has 6 heteroatoms. The van der Waals surface area contributed by atoms with E-state index in [9.17, 15) is 14.0 Å². The van der Waals surface area contributed by atoms with E-state index in [0.717, 1.165) is 0 Å². The molecule has 94 valence electrons. The van der Waals surface area contributed by atoms with Crippen LogP contribution in [0.3, 0.4) is 0 Å². The molecule has 5 nitrogen and oxygen atoms in total. The molecular formula is C12H12FN3O2. The number of carbonyl (C=O) groups excluding carboxylic acids is 2. The zero-order valence-electron chi connectivity index (χ0n) is 9.76. The average molecular weight is 249 g/mol. The van der Waals surface area contributed by atoms with Gasteiger partial charge in [-0.1, -0.05) is 0 Å². The van der Waals surface area contributed by atoms with Crippen molar-refractivity contribution in [1.29, 1.82) is 0 Å². The van der Waals surface area contributed by atoms with Gasteiger partial charge in [0, 0.05) is 13.3 Å². The fraction of sp³-hybridized carbons (Fsp3) is 0.250. The van der Waals surface area contributed by atoms with Gasteiger partial charge in [-0.2, -0.15) is 5.10 Å². The van der Waals surface area contributed by atoms with Gasteiger partial charge < -0.3 is 5.73 Å². The highest BCUT2D eigenvalue weighted by molar-refractivity contribution is 6.40. The van der Waals surface area contributed by atoms with Crippen LogP contribution in [0.5, 0.6) is 0 Å². The Balaban J connectivity index is 2.36. The SMILES string of the molecule is CC(=O)C1=NN(c2ccc(F)cc2)C(C(N)=O)C1. The molecule has 1 aromatic carbocycles. The van der Waals surface area contributed by atoms with Crippen LogP contribution in [0.25, 0.3) is 0 Å². The number of halogens is 1. The number of ketones is 1. The van der Waals surface area contributed by atoms with Gasteiger partial charge in [-0.15, -0.1) is 0 Å². The lowest BCUT2D eigenvalue weighted by molar-refractivity contribution is -0.119. The highest BCUT2D eigenvalue weighted by Gasteiger charge is 2.33. The Hall–Kier alpha value is -2.24. The molecule has 0 saturated heterocycles. The number of anilines is 1. The van der Waals surface area contributed by atoms with E-state index in [1.165, 1.54) is 36.2 Å². The van der Waals surface area contributed by atoms with E-state index < -0.39 is 11.9 Å². The molecule has 1 unspecified atom stereocenters. The summed E-state index contributed by atoms with van der Waals surface area (Å²) >= 11 is 0. The standard InChI is InChI=1S/C12H12FN3O2/c1-7(17)10-6-11(12(14)18)16(15-10)9-4-2-8(13)3-5-9/h2-5,11H,6H2,1H3,(H2,14,18). The first-order valence-corrected chi connectivity index (χ1v) is 5.41. The smallest absolute Gasteiger partial charge is 0.242 e. The van der Waals surface area contributed by atoms with Crippen molar-refractivity contribution in [1.82, 2.24) is 0 Å². The van der Waals surface area contributed by atoms with E-state index in [-0.39, 0.29) is 18.0 Å². The number of carbonyl (C=O) groups is 2. The number of primary amides is 1. The summed E-state index contributed by atoms with van der Waals surface area (Å²) in [5.41, 5.74) is 6.10. The van der Waals surface area contributed by atoms with Crippen molar-refractivity contribution in [2.45, 2.75) is 19.4 Å². The van der Waals surface area contributed by atoms with E-state index in [0.29, 0.717) is 11.4 Å². The molecule has 0 aromatic heterocycles. The second kappa shape index (κ2) is 4.56. The van der Waals surface area contributed by atoms with Crippen LogP contribution in [-0.4, -0.2) is 23.4 Å². The summed E-state index contributed by atoms with van der Waals surface area (Å²) in [4.78, 5) is 22.6. The molecule has 1 atom stereocenters. The third kappa shape index (κ3) is 2.22. The molecule has 2 N–H and O–H groups in total. The normalized spacial score (nSPS) is 18.7. The third-order valence-corrected chi connectivity index (χ3v) is 2.74. The van der Waals surface area contributed by atoms with Crippen molar-refractivity contribution in [3.63, 3.8) is 0 Å². The lowest BCUT2D eigenvalue weighted by atomic mass is 10.1. The Morgan fingerprint density at radius 3 is 2.50 bits per heavy atom. The minimum atomic E-state index is -0.700. The summed E-state index contributed by atoms with van der Waals surface area (Å²) in [5.74, 6) is -1.16. The van der Waals surface area contributed by atoms with Gasteiger partial charge in [0.2, 0.25) is 5.91 Å². The van der Waals surface area contributed by atoms with E-state index in [2.05, 4.69) is 5.10 Å². The van der Waals surface area contributed by atoms with Gasteiger partial charge in [0.25, 0.3) is 0 Å². The van der Waals surface area contributed by atoms with E-state index in [4.69, 9.17) is 5.73 Å². The zero-order chi connectivity index (χ0) is 13.3. The Morgan fingerprint density at radius 2 is 2.00 bits per heavy atom. The fourth-order valence-electron chi connectivity index (χ4n) is 1.78. The number of hydrogen-bond donors (Lipinski definition) is 1. The number of benzene rings is 1. The maximum Gasteiger partial charge on any atom is 0.242 e. The lowest BCUT2D eigenvalue weighted by Crippen LogP contribution is -2.39. The molecule has 1 aliphatic heterocycles. The van der Waals surface area contributed by atoms with Crippen molar-refractivity contribution in [2.75, 3.05) is 5.01 Å². The molecule has 0 spiro atoms. The lowest BCUT2D eigenvalue weighted by Gasteiger charge is -2.20. The molecule has 0 fully saturated rings. The summed E-state index contributed by atoms with van der Waals surface area (Å²) in [6.07, 6.45) is 0.183. The Morgan fingerprint density at radius 1 is 1.39 bits per heavy atom. The largest absolute Gasteiger partial charge is 0.368 e. The topological polar surface area (TPSA) is 75.8 Å². The molecular weight excluding hydrogens is 237 g/mol. The number of hydrogen-bond acceptors (Lipinski definition) is 4. The molecule has 1 heterocycles. The second-order valence-corrected chi connectivity index (χ2v) is 4.05. The van der Waals surface area contributed by atoms with Crippen LogP contribution in [0.4, 0.5) is 10.1 Å². The van der Waals surface area contributed by atoms with Crippen LogP contribution in [0.2, 0.25) is 0 Å². The van der Waals surface area contributed by atoms with Crippen molar-refractivity contribution in [3.05, 3.63) is 30.1 Å². The Kier molecular flexibility index (Phi) is 3.10. The molecule has 1 amide bonds. The number of rotatable bonds is 3. The van der Waals surface area contributed by atoms with Gasteiger partial charge in [0.15, 0.2) is 5.78 Å². The Bertz CT molecular complexity index is 525. The molecule has 0 radical (unpaired) electrons. The predicted octanol–water partition coefficient (Wildman–Crippen LogP) is 0.835. The molecule has 18 heavy (non-hydrogen) atoms. The summed E-state index contributed by atoms with van der Waals surface area (Å²) in [6.45, 7) is 1.38. The van der Waals surface area contributed by atoms with Crippen LogP contribution >= 0.6 is 0 Å².